The van der Waals surface area contributed by atoms with Crippen molar-refractivity contribution in [2.24, 2.45) is 0 Å². The third-order valence-electron chi connectivity index (χ3n) is 1.78. The second-order valence-electron chi connectivity index (χ2n) is 2.71. The lowest BCUT2D eigenvalue weighted by atomic mass is 10.3. The van der Waals surface area contributed by atoms with Gasteiger partial charge in [0.25, 0.3) is 5.56 Å². The lowest BCUT2D eigenvalue weighted by Gasteiger charge is -1.86. The molecule has 0 bridgehead atoms. The summed E-state index contributed by atoms with van der Waals surface area (Å²) in [7, 11) is 0. The SMILES string of the molecule is CC(=O)n1sc2ccccc2c1=O. The molecule has 1 heterocycles. The van der Waals surface area contributed by atoms with Crippen molar-refractivity contribution >= 4 is 27.5 Å². The van der Waals surface area contributed by atoms with Gasteiger partial charge in [-0.2, -0.15) is 3.96 Å². The quantitative estimate of drug-likeness (QED) is 0.639. The average Bonchev–Trinajstić information content (AvgIpc) is 2.45. The van der Waals surface area contributed by atoms with Crippen molar-refractivity contribution in [3.8, 4) is 0 Å². The molecule has 0 aliphatic heterocycles. The van der Waals surface area contributed by atoms with Crippen LogP contribution in [0.15, 0.2) is 29.1 Å². The van der Waals surface area contributed by atoms with Crippen molar-refractivity contribution in [1.29, 1.82) is 0 Å². The third-order valence-corrected chi connectivity index (χ3v) is 2.94. The van der Waals surface area contributed by atoms with E-state index in [4.69, 9.17) is 0 Å². The molecule has 0 saturated carbocycles. The van der Waals surface area contributed by atoms with Crippen LogP contribution in [0.25, 0.3) is 10.1 Å². The maximum absolute atomic E-state index is 11.5. The first-order valence-electron chi connectivity index (χ1n) is 3.82. The van der Waals surface area contributed by atoms with E-state index in [1.165, 1.54) is 22.4 Å². The molecule has 0 aliphatic rings. The summed E-state index contributed by atoms with van der Waals surface area (Å²) in [5.74, 6) is -0.230. The van der Waals surface area contributed by atoms with Gasteiger partial charge in [0, 0.05) is 6.92 Å². The minimum Gasteiger partial charge on any atom is -0.273 e. The van der Waals surface area contributed by atoms with Gasteiger partial charge in [-0.3, -0.25) is 9.59 Å². The number of fused-ring (bicyclic) bond motifs is 1. The monoisotopic (exact) mass is 193 g/mol. The predicted molar refractivity (Wildman–Crippen MR) is 52.4 cm³/mol. The first-order chi connectivity index (χ1) is 6.20. The third kappa shape index (κ3) is 1.19. The maximum atomic E-state index is 11.5. The molecule has 1 aromatic carbocycles. The molecule has 0 N–H and O–H groups in total. The van der Waals surface area contributed by atoms with Gasteiger partial charge >= 0.3 is 0 Å². The lowest BCUT2D eigenvalue weighted by molar-refractivity contribution is 0.0946. The Bertz CT molecular complexity index is 524. The molecule has 0 aliphatic carbocycles. The van der Waals surface area contributed by atoms with Crippen molar-refractivity contribution < 1.29 is 4.79 Å². The van der Waals surface area contributed by atoms with Crippen LogP contribution >= 0.6 is 11.5 Å². The molecule has 0 spiro atoms. The Morgan fingerprint density at radius 3 is 2.69 bits per heavy atom. The Labute approximate surface area is 78.4 Å². The summed E-state index contributed by atoms with van der Waals surface area (Å²) in [6.07, 6.45) is 0. The standard InChI is InChI=1S/C9H7NO2S/c1-6(11)10-9(12)7-4-2-3-5-8(7)13-10/h2-5H,1H3. The number of carbonyl (C=O) groups is 1. The Balaban J connectivity index is 2.90. The second kappa shape index (κ2) is 2.81. The highest BCUT2D eigenvalue weighted by Gasteiger charge is 2.08. The van der Waals surface area contributed by atoms with Crippen LogP contribution in [0.4, 0.5) is 0 Å². The summed E-state index contributed by atoms with van der Waals surface area (Å²) in [6.45, 7) is 1.39. The summed E-state index contributed by atoms with van der Waals surface area (Å²) in [6, 6.07) is 7.21. The van der Waals surface area contributed by atoms with Gasteiger partial charge in [-0.05, 0) is 23.7 Å². The fraction of sp³-hybridized carbons (Fsp3) is 0.111. The van der Waals surface area contributed by atoms with Gasteiger partial charge in [0.1, 0.15) is 0 Å². The number of carbonyl (C=O) groups excluding carboxylic acids is 1. The molecular weight excluding hydrogens is 186 g/mol. The van der Waals surface area contributed by atoms with E-state index in [-0.39, 0.29) is 11.5 Å². The van der Waals surface area contributed by atoms with Crippen molar-refractivity contribution in [3.63, 3.8) is 0 Å². The zero-order chi connectivity index (χ0) is 9.42. The van der Waals surface area contributed by atoms with Gasteiger partial charge in [-0.1, -0.05) is 12.1 Å². The predicted octanol–water partition coefficient (Wildman–Crippen LogP) is 1.72. The number of benzene rings is 1. The van der Waals surface area contributed by atoms with E-state index >= 15 is 0 Å². The van der Waals surface area contributed by atoms with Crippen molar-refractivity contribution in [2.45, 2.75) is 6.92 Å². The number of aromatic nitrogens is 1. The van der Waals surface area contributed by atoms with Crippen LogP contribution in [0.5, 0.6) is 0 Å². The van der Waals surface area contributed by atoms with Crippen molar-refractivity contribution in [3.05, 3.63) is 34.6 Å². The van der Waals surface area contributed by atoms with Gasteiger partial charge in [-0.25, -0.2) is 0 Å². The molecule has 0 saturated heterocycles. The number of hydrogen-bond acceptors (Lipinski definition) is 3. The Morgan fingerprint density at radius 1 is 1.38 bits per heavy atom. The van der Waals surface area contributed by atoms with Gasteiger partial charge in [0.2, 0.25) is 5.91 Å². The molecule has 13 heavy (non-hydrogen) atoms. The molecule has 4 heteroatoms. The molecule has 66 valence electrons. The zero-order valence-electron chi connectivity index (χ0n) is 6.98. The number of rotatable bonds is 0. The first kappa shape index (κ1) is 8.19. The number of nitrogens with zero attached hydrogens (tertiary/aromatic N) is 1. The fourth-order valence-electron chi connectivity index (χ4n) is 1.18. The van der Waals surface area contributed by atoms with Crippen LogP contribution in [0, 0.1) is 0 Å². The molecule has 2 aromatic rings. The van der Waals surface area contributed by atoms with Gasteiger partial charge in [0.15, 0.2) is 0 Å². The van der Waals surface area contributed by atoms with Crippen LogP contribution in [0.2, 0.25) is 0 Å². The van der Waals surface area contributed by atoms with Crippen LogP contribution < -0.4 is 5.56 Å². The van der Waals surface area contributed by atoms with E-state index in [9.17, 15) is 9.59 Å². The smallest absolute Gasteiger partial charge is 0.273 e. The molecule has 1 aromatic heterocycles. The molecule has 0 amide bonds. The van der Waals surface area contributed by atoms with E-state index < -0.39 is 0 Å². The van der Waals surface area contributed by atoms with Crippen LogP contribution in [0.1, 0.15) is 11.7 Å². The molecule has 0 unspecified atom stereocenters. The van der Waals surface area contributed by atoms with E-state index in [1.54, 1.807) is 12.1 Å². The topological polar surface area (TPSA) is 39.1 Å². The summed E-state index contributed by atoms with van der Waals surface area (Å²) < 4.78 is 2.02. The maximum Gasteiger partial charge on any atom is 0.275 e. The van der Waals surface area contributed by atoms with E-state index in [2.05, 4.69) is 0 Å². The highest BCUT2D eigenvalue weighted by molar-refractivity contribution is 7.14. The molecular formula is C9H7NO2S. The largest absolute Gasteiger partial charge is 0.275 e. The van der Waals surface area contributed by atoms with Crippen LogP contribution in [-0.4, -0.2) is 9.86 Å². The van der Waals surface area contributed by atoms with Gasteiger partial charge < -0.3 is 0 Å². The van der Waals surface area contributed by atoms with Crippen molar-refractivity contribution in [2.75, 3.05) is 0 Å². The molecule has 0 atom stereocenters. The summed E-state index contributed by atoms with van der Waals surface area (Å²) in [5.41, 5.74) is -0.215. The fourth-order valence-corrected chi connectivity index (χ4v) is 2.08. The van der Waals surface area contributed by atoms with E-state index in [0.29, 0.717) is 5.39 Å². The van der Waals surface area contributed by atoms with Crippen LogP contribution in [-0.2, 0) is 0 Å². The average molecular weight is 193 g/mol. The van der Waals surface area contributed by atoms with E-state index in [0.717, 1.165) is 4.70 Å². The minimum absolute atomic E-state index is 0.215. The normalized spacial score (nSPS) is 10.5. The summed E-state index contributed by atoms with van der Waals surface area (Å²) in [4.78, 5) is 22.5. The summed E-state index contributed by atoms with van der Waals surface area (Å²) >= 11 is 1.19. The minimum atomic E-state index is -0.230. The van der Waals surface area contributed by atoms with Gasteiger partial charge in [0.05, 0.1) is 10.1 Å². The molecule has 3 nitrogen and oxygen atoms in total. The highest BCUT2D eigenvalue weighted by Crippen LogP contribution is 2.15. The first-order valence-corrected chi connectivity index (χ1v) is 4.59. The molecule has 0 radical (unpaired) electrons. The second-order valence-corrected chi connectivity index (χ2v) is 3.69. The van der Waals surface area contributed by atoms with Gasteiger partial charge in [-0.15, -0.1) is 0 Å². The van der Waals surface area contributed by atoms with Crippen LogP contribution in [0.3, 0.4) is 0 Å². The number of hydrogen-bond donors (Lipinski definition) is 0. The van der Waals surface area contributed by atoms with Crippen molar-refractivity contribution in [1.82, 2.24) is 3.96 Å². The Kier molecular flexibility index (Phi) is 1.77. The Morgan fingerprint density at radius 2 is 2.08 bits per heavy atom. The summed E-state index contributed by atoms with van der Waals surface area (Å²) in [5, 5.41) is 0.614. The zero-order valence-corrected chi connectivity index (χ0v) is 7.80. The lowest BCUT2D eigenvalue weighted by Crippen LogP contribution is -2.17. The highest BCUT2D eigenvalue weighted by atomic mass is 32.1. The van der Waals surface area contributed by atoms with E-state index in [1.807, 2.05) is 12.1 Å². The Hall–Kier alpha value is -1.42. The molecule has 2 rings (SSSR count). The molecule has 0 fully saturated rings.